The van der Waals surface area contributed by atoms with Gasteiger partial charge in [0.05, 0.1) is 10.0 Å². The highest BCUT2D eigenvalue weighted by molar-refractivity contribution is 6.37. The Morgan fingerprint density at radius 2 is 1.85 bits per heavy atom. The van der Waals surface area contributed by atoms with Gasteiger partial charge in [0, 0.05) is 0 Å². The van der Waals surface area contributed by atoms with Crippen molar-refractivity contribution in [1.29, 1.82) is 0 Å². The molecule has 70 valence electrons. The predicted molar refractivity (Wildman–Crippen MR) is 52.8 cm³/mol. The number of benzene rings is 1. The summed E-state index contributed by atoms with van der Waals surface area (Å²) in [5, 5.41) is 0.567. The molecular weight excluding hydrogens is 234 g/mol. The van der Waals surface area contributed by atoms with Gasteiger partial charge >= 0.3 is 5.97 Å². The van der Waals surface area contributed by atoms with Gasteiger partial charge in [-0.15, -0.1) is 11.6 Å². The molecule has 1 aromatic rings. The topological polar surface area (TPSA) is 26.3 Å². The van der Waals surface area contributed by atoms with E-state index >= 15 is 0 Å². The molecule has 0 heterocycles. The van der Waals surface area contributed by atoms with E-state index in [0.717, 1.165) is 0 Å². The van der Waals surface area contributed by atoms with E-state index in [2.05, 4.69) is 0 Å². The molecule has 0 saturated heterocycles. The summed E-state index contributed by atoms with van der Waals surface area (Å²) in [5.41, 5.74) is 0. The van der Waals surface area contributed by atoms with Crippen molar-refractivity contribution in [3.05, 3.63) is 28.2 Å². The van der Waals surface area contributed by atoms with Gasteiger partial charge in [0.25, 0.3) is 0 Å². The Morgan fingerprint density at radius 3 is 2.31 bits per heavy atom. The molecule has 5 heteroatoms. The van der Waals surface area contributed by atoms with E-state index in [4.69, 9.17) is 39.5 Å². The fourth-order valence-corrected chi connectivity index (χ4v) is 1.25. The Hall–Kier alpha value is -0.440. The molecule has 0 bridgehead atoms. The summed E-state index contributed by atoms with van der Waals surface area (Å²) in [6.45, 7) is 0. The number of ether oxygens (including phenoxy) is 1. The van der Waals surface area contributed by atoms with Crippen molar-refractivity contribution in [2.24, 2.45) is 0 Å². The first-order valence-corrected chi connectivity index (χ1v) is 4.65. The van der Waals surface area contributed by atoms with Crippen LogP contribution < -0.4 is 4.74 Å². The van der Waals surface area contributed by atoms with Gasteiger partial charge in [-0.05, 0) is 12.1 Å². The number of esters is 1. The minimum atomic E-state index is -0.586. The third kappa shape index (κ3) is 2.76. The average Bonchev–Trinajstić information content (AvgIpc) is 2.11. The van der Waals surface area contributed by atoms with Crippen LogP contribution in [-0.4, -0.2) is 11.8 Å². The van der Waals surface area contributed by atoms with Crippen LogP contribution in [0.5, 0.6) is 5.75 Å². The largest absolute Gasteiger partial charge is 0.422 e. The van der Waals surface area contributed by atoms with Gasteiger partial charge in [0.2, 0.25) is 0 Å². The zero-order chi connectivity index (χ0) is 9.84. The number of para-hydroxylation sites is 1. The Labute approximate surface area is 90.3 Å². The normalized spacial score (nSPS) is 9.77. The maximum Gasteiger partial charge on any atom is 0.326 e. The van der Waals surface area contributed by atoms with E-state index in [1.807, 2.05) is 0 Å². The van der Waals surface area contributed by atoms with Crippen LogP contribution in [0.4, 0.5) is 0 Å². The lowest BCUT2D eigenvalue weighted by Gasteiger charge is -2.05. The van der Waals surface area contributed by atoms with Crippen LogP contribution in [0.3, 0.4) is 0 Å². The molecule has 1 aromatic carbocycles. The lowest BCUT2D eigenvalue weighted by molar-refractivity contribution is -0.131. The highest BCUT2D eigenvalue weighted by Gasteiger charge is 2.10. The number of alkyl halides is 1. The maximum absolute atomic E-state index is 10.8. The monoisotopic (exact) mass is 238 g/mol. The van der Waals surface area contributed by atoms with Crippen molar-refractivity contribution in [3.63, 3.8) is 0 Å². The van der Waals surface area contributed by atoms with E-state index in [0.29, 0.717) is 0 Å². The molecule has 0 radical (unpaired) electrons. The minimum Gasteiger partial charge on any atom is -0.422 e. The molecule has 1 rings (SSSR count). The standard InChI is InChI=1S/C8H5Cl3O2/c9-4-7(12)13-8-5(10)2-1-3-6(8)11/h1-3H,4H2. The van der Waals surface area contributed by atoms with Gasteiger partial charge in [0.15, 0.2) is 5.75 Å². The van der Waals surface area contributed by atoms with E-state index in [1.54, 1.807) is 18.2 Å². The SMILES string of the molecule is O=C(CCl)Oc1c(Cl)cccc1Cl. The zero-order valence-corrected chi connectivity index (χ0v) is 8.66. The molecule has 2 nitrogen and oxygen atoms in total. The molecule has 0 saturated carbocycles. The molecule has 0 N–H and O–H groups in total. The molecule has 0 aliphatic heterocycles. The van der Waals surface area contributed by atoms with Gasteiger partial charge in [-0.1, -0.05) is 29.3 Å². The molecule has 0 aliphatic carbocycles. The first-order valence-electron chi connectivity index (χ1n) is 3.36. The highest BCUT2D eigenvalue weighted by Crippen LogP contribution is 2.32. The summed E-state index contributed by atoms with van der Waals surface area (Å²) in [7, 11) is 0. The van der Waals surface area contributed by atoms with Crippen LogP contribution in [0.1, 0.15) is 0 Å². The first kappa shape index (κ1) is 10.6. The van der Waals surface area contributed by atoms with Crippen molar-refractivity contribution < 1.29 is 9.53 Å². The third-order valence-corrected chi connectivity index (χ3v) is 2.06. The van der Waals surface area contributed by atoms with Crippen LogP contribution in [0.25, 0.3) is 0 Å². The van der Waals surface area contributed by atoms with Gasteiger partial charge < -0.3 is 4.74 Å². The molecule has 0 spiro atoms. The Kier molecular flexibility index (Phi) is 3.85. The molecule has 0 aromatic heterocycles. The van der Waals surface area contributed by atoms with Gasteiger partial charge in [-0.3, -0.25) is 4.79 Å². The molecule has 0 atom stereocenters. The molecule has 0 unspecified atom stereocenters. The first-order chi connectivity index (χ1) is 6.15. The van der Waals surface area contributed by atoms with E-state index in [9.17, 15) is 4.79 Å². The zero-order valence-electron chi connectivity index (χ0n) is 6.39. The van der Waals surface area contributed by atoms with Crippen molar-refractivity contribution in [2.45, 2.75) is 0 Å². The number of halogens is 3. The predicted octanol–water partition coefficient (Wildman–Crippen LogP) is 3.14. The van der Waals surface area contributed by atoms with Crippen molar-refractivity contribution in [3.8, 4) is 5.75 Å². The van der Waals surface area contributed by atoms with Crippen LogP contribution in [0, 0.1) is 0 Å². The number of rotatable bonds is 2. The van der Waals surface area contributed by atoms with Crippen LogP contribution in [0.2, 0.25) is 10.0 Å². The summed E-state index contributed by atoms with van der Waals surface area (Å²) in [6, 6.07) is 4.80. The minimum absolute atomic E-state index is 0.150. The summed E-state index contributed by atoms with van der Waals surface area (Å²) in [4.78, 5) is 10.8. The average molecular weight is 239 g/mol. The smallest absolute Gasteiger partial charge is 0.326 e. The second kappa shape index (κ2) is 4.70. The number of hydrogen-bond donors (Lipinski definition) is 0. The van der Waals surface area contributed by atoms with Gasteiger partial charge in [-0.25, -0.2) is 0 Å². The van der Waals surface area contributed by atoms with Gasteiger partial charge in [0.1, 0.15) is 5.88 Å². The Bertz CT molecular complexity index is 305. The fourth-order valence-electron chi connectivity index (χ4n) is 0.721. The van der Waals surface area contributed by atoms with Crippen LogP contribution in [0.15, 0.2) is 18.2 Å². The molecule has 0 fully saturated rings. The van der Waals surface area contributed by atoms with Crippen molar-refractivity contribution >= 4 is 40.8 Å². The second-order valence-corrected chi connectivity index (χ2v) is 3.24. The molecule has 0 aliphatic rings. The summed E-state index contributed by atoms with van der Waals surface area (Å²) in [6.07, 6.45) is 0. The quantitative estimate of drug-likeness (QED) is 0.450. The van der Waals surface area contributed by atoms with Crippen molar-refractivity contribution in [2.75, 3.05) is 5.88 Å². The van der Waals surface area contributed by atoms with E-state index in [1.165, 1.54) is 0 Å². The summed E-state index contributed by atoms with van der Waals surface area (Å²) in [5.74, 6) is -0.671. The summed E-state index contributed by atoms with van der Waals surface area (Å²) < 4.78 is 4.79. The molecule has 0 amide bonds. The lowest BCUT2D eigenvalue weighted by atomic mass is 10.3. The highest BCUT2D eigenvalue weighted by atomic mass is 35.5. The van der Waals surface area contributed by atoms with Crippen molar-refractivity contribution in [1.82, 2.24) is 0 Å². The molecular formula is C8H5Cl3O2. The summed E-state index contributed by atoms with van der Waals surface area (Å²) >= 11 is 16.7. The lowest BCUT2D eigenvalue weighted by Crippen LogP contribution is -2.09. The van der Waals surface area contributed by atoms with Gasteiger partial charge in [-0.2, -0.15) is 0 Å². The number of hydrogen-bond acceptors (Lipinski definition) is 2. The number of carbonyl (C=O) groups excluding carboxylic acids is 1. The Morgan fingerprint density at radius 1 is 1.31 bits per heavy atom. The van der Waals surface area contributed by atoms with E-state index < -0.39 is 5.97 Å². The molecule has 13 heavy (non-hydrogen) atoms. The fraction of sp³-hybridized carbons (Fsp3) is 0.125. The third-order valence-electron chi connectivity index (χ3n) is 1.24. The second-order valence-electron chi connectivity index (χ2n) is 2.16. The van der Waals surface area contributed by atoms with Crippen LogP contribution in [-0.2, 0) is 4.79 Å². The van der Waals surface area contributed by atoms with E-state index in [-0.39, 0.29) is 21.7 Å². The van der Waals surface area contributed by atoms with Crippen LogP contribution >= 0.6 is 34.8 Å². The Balaban J connectivity index is 2.93. The number of carbonyl (C=O) groups is 1. The maximum atomic E-state index is 10.8.